The van der Waals surface area contributed by atoms with Crippen LogP contribution in [0.4, 0.5) is 16.2 Å². The predicted octanol–water partition coefficient (Wildman–Crippen LogP) is 2.32. The van der Waals surface area contributed by atoms with Gasteiger partial charge in [-0.2, -0.15) is 0 Å². The maximum Gasteiger partial charge on any atom is 0.410 e. The summed E-state index contributed by atoms with van der Waals surface area (Å²) in [6.07, 6.45) is -0.275. The van der Waals surface area contributed by atoms with Crippen molar-refractivity contribution in [2.24, 2.45) is 0 Å². The van der Waals surface area contributed by atoms with E-state index in [1.807, 2.05) is 45.0 Å². The monoisotopic (exact) mass is 277 g/mol. The third-order valence-electron chi connectivity index (χ3n) is 3.37. The van der Waals surface area contributed by atoms with Crippen LogP contribution in [0.2, 0.25) is 0 Å². The fraction of sp³-hybridized carbons (Fsp3) is 0.533. The molecule has 0 unspecified atom stereocenters. The molecule has 110 valence electrons. The number of anilines is 2. The minimum absolute atomic E-state index is 0.171. The summed E-state index contributed by atoms with van der Waals surface area (Å²) in [5, 5.41) is 0. The Labute approximate surface area is 120 Å². The average molecular weight is 277 g/mol. The normalized spacial score (nSPS) is 15.7. The number of hydrogen-bond donors (Lipinski definition) is 1. The van der Waals surface area contributed by atoms with Crippen LogP contribution in [0.5, 0.6) is 0 Å². The molecule has 1 saturated heterocycles. The number of ether oxygens (including phenoxy) is 1. The molecule has 0 bridgehead atoms. The molecule has 1 fully saturated rings. The molecule has 20 heavy (non-hydrogen) atoms. The van der Waals surface area contributed by atoms with Crippen molar-refractivity contribution in [2.45, 2.75) is 32.4 Å². The summed E-state index contributed by atoms with van der Waals surface area (Å²) in [6, 6.07) is 7.95. The molecule has 1 aliphatic heterocycles. The summed E-state index contributed by atoms with van der Waals surface area (Å²) in [6.45, 7) is 7.18. The van der Waals surface area contributed by atoms with Gasteiger partial charge in [0.1, 0.15) is 5.60 Å². The number of likely N-dealkylation sites (N-methyl/N-ethyl adjacent to an activating group) is 1. The van der Waals surface area contributed by atoms with E-state index in [1.165, 1.54) is 0 Å². The molecular formula is C15H23N3O2. The first-order valence-electron chi connectivity index (χ1n) is 6.83. The highest BCUT2D eigenvalue weighted by molar-refractivity contribution is 5.71. The molecule has 2 rings (SSSR count). The lowest BCUT2D eigenvalue weighted by molar-refractivity contribution is 0.0197. The van der Waals surface area contributed by atoms with Gasteiger partial charge in [-0.3, -0.25) is 0 Å². The van der Waals surface area contributed by atoms with Gasteiger partial charge in [-0.1, -0.05) is 12.1 Å². The Morgan fingerprint density at radius 3 is 2.50 bits per heavy atom. The summed E-state index contributed by atoms with van der Waals surface area (Å²) < 4.78 is 5.36. The molecule has 1 aliphatic rings. The number of carbonyl (C=O) groups excluding carboxylic acids is 1. The molecule has 1 amide bonds. The fourth-order valence-electron chi connectivity index (χ4n) is 2.16. The second-order valence-electron chi connectivity index (χ2n) is 6.21. The van der Waals surface area contributed by atoms with Gasteiger partial charge < -0.3 is 20.3 Å². The van der Waals surface area contributed by atoms with Gasteiger partial charge in [0, 0.05) is 20.1 Å². The van der Waals surface area contributed by atoms with Crippen molar-refractivity contribution >= 4 is 17.5 Å². The Hall–Kier alpha value is -1.91. The molecule has 0 aromatic heterocycles. The van der Waals surface area contributed by atoms with E-state index in [2.05, 4.69) is 4.90 Å². The van der Waals surface area contributed by atoms with Gasteiger partial charge in [0.25, 0.3) is 0 Å². The molecule has 1 aromatic carbocycles. The fourth-order valence-corrected chi connectivity index (χ4v) is 2.16. The number of nitrogens with two attached hydrogens (primary N) is 1. The van der Waals surface area contributed by atoms with E-state index in [4.69, 9.17) is 10.5 Å². The quantitative estimate of drug-likeness (QED) is 0.843. The van der Waals surface area contributed by atoms with Crippen LogP contribution in [0.25, 0.3) is 0 Å². The second kappa shape index (κ2) is 5.23. The van der Waals surface area contributed by atoms with E-state index >= 15 is 0 Å². The van der Waals surface area contributed by atoms with Gasteiger partial charge in [-0.05, 0) is 32.9 Å². The van der Waals surface area contributed by atoms with Crippen LogP contribution in [0.1, 0.15) is 20.8 Å². The first-order chi connectivity index (χ1) is 9.28. The molecule has 0 spiro atoms. The zero-order valence-electron chi connectivity index (χ0n) is 12.6. The van der Waals surface area contributed by atoms with Crippen molar-refractivity contribution < 1.29 is 9.53 Å². The third kappa shape index (κ3) is 3.15. The Morgan fingerprint density at radius 1 is 1.35 bits per heavy atom. The molecule has 2 N–H and O–H groups in total. The van der Waals surface area contributed by atoms with Crippen LogP contribution >= 0.6 is 0 Å². The Morgan fingerprint density at radius 2 is 1.95 bits per heavy atom. The van der Waals surface area contributed by atoms with Gasteiger partial charge in [-0.15, -0.1) is 0 Å². The molecule has 1 aromatic rings. The Balaban J connectivity index is 1.90. The molecule has 0 atom stereocenters. The average Bonchev–Trinajstić information content (AvgIpc) is 2.27. The van der Waals surface area contributed by atoms with Crippen LogP contribution < -0.4 is 10.6 Å². The summed E-state index contributed by atoms with van der Waals surface area (Å²) in [5.41, 5.74) is 7.29. The number of nitrogens with zero attached hydrogens (tertiary/aromatic N) is 2. The van der Waals surface area contributed by atoms with E-state index in [0.717, 1.165) is 24.5 Å². The van der Waals surface area contributed by atoms with Crippen LogP contribution in [0.15, 0.2) is 24.3 Å². The van der Waals surface area contributed by atoms with Crippen molar-refractivity contribution in [1.82, 2.24) is 4.90 Å². The smallest absolute Gasteiger partial charge is 0.410 e. The van der Waals surface area contributed by atoms with Gasteiger partial charge in [0.05, 0.1) is 17.4 Å². The first-order valence-corrected chi connectivity index (χ1v) is 6.83. The van der Waals surface area contributed by atoms with Gasteiger partial charge in [0.2, 0.25) is 0 Å². The summed E-state index contributed by atoms with van der Waals surface area (Å²) >= 11 is 0. The van der Waals surface area contributed by atoms with Gasteiger partial charge >= 0.3 is 6.09 Å². The van der Waals surface area contributed by atoms with Gasteiger partial charge in [-0.25, -0.2) is 4.79 Å². The number of nitrogen functional groups attached to an aromatic ring is 1. The highest BCUT2D eigenvalue weighted by Crippen LogP contribution is 2.28. The summed E-state index contributed by atoms with van der Waals surface area (Å²) in [4.78, 5) is 15.8. The summed E-state index contributed by atoms with van der Waals surface area (Å²) in [7, 11) is 1.78. The maximum atomic E-state index is 12.0. The number of amides is 1. The molecule has 5 heteroatoms. The molecule has 0 saturated carbocycles. The molecule has 1 heterocycles. The maximum absolute atomic E-state index is 12.0. The zero-order chi connectivity index (χ0) is 14.9. The van der Waals surface area contributed by atoms with Crippen LogP contribution in [0.3, 0.4) is 0 Å². The predicted molar refractivity (Wildman–Crippen MR) is 80.9 cm³/mol. The molecular weight excluding hydrogens is 254 g/mol. The van der Waals surface area contributed by atoms with E-state index in [-0.39, 0.29) is 12.1 Å². The van der Waals surface area contributed by atoms with Crippen LogP contribution in [-0.2, 0) is 4.74 Å². The number of para-hydroxylation sites is 2. The van der Waals surface area contributed by atoms with Crippen LogP contribution in [0, 0.1) is 0 Å². The number of rotatable bonds is 2. The van der Waals surface area contributed by atoms with Crippen molar-refractivity contribution in [3.05, 3.63) is 24.3 Å². The molecule has 5 nitrogen and oxygen atoms in total. The lowest BCUT2D eigenvalue weighted by atomic mass is 10.1. The third-order valence-corrected chi connectivity index (χ3v) is 3.37. The van der Waals surface area contributed by atoms with Crippen molar-refractivity contribution in [1.29, 1.82) is 0 Å². The van der Waals surface area contributed by atoms with Gasteiger partial charge in [0.15, 0.2) is 0 Å². The lowest BCUT2D eigenvalue weighted by Crippen LogP contribution is -2.60. The van der Waals surface area contributed by atoms with Crippen molar-refractivity contribution in [2.75, 3.05) is 30.8 Å². The van der Waals surface area contributed by atoms with E-state index in [1.54, 1.807) is 11.9 Å². The lowest BCUT2D eigenvalue weighted by Gasteiger charge is -2.45. The minimum atomic E-state index is -0.460. The van der Waals surface area contributed by atoms with E-state index < -0.39 is 5.60 Å². The standard InChI is InChI=1S/C15H23N3O2/c1-15(2,3)20-14(19)17(4)11-9-18(10-11)13-8-6-5-7-12(13)16/h5-8,11H,9-10,16H2,1-4H3. The molecule has 0 radical (unpaired) electrons. The number of carbonyl (C=O) groups is 1. The topological polar surface area (TPSA) is 58.8 Å². The largest absolute Gasteiger partial charge is 0.444 e. The minimum Gasteiger partial charge on any atom is -0.444 e. The van der Waals surface area contributed by atoms with Crippen LogP contribution in [-0.4, -0.2) is 42.8 Å². The van der Waals surface area contributed by atoms with Crippen molar-refractivity contribution in [3.63, 3.8) is 0 Å². The first kappa shape index (κ1) is 14.5. The number of benzene rings is 1. The van der Waals surface area contributed by atoms with E-state index in [0.29, 0.717) is 0 Å². The highest BCUT2D eigenvalue weighted by atomic mass is 16.6. The van der Waals surface area contributed by atoms with E-state index in [9.17, 15) is 4.79 Å². The highest BCUT2D eigenvalue weighted by Gasteiger charge is 2.35. The summed E-state index contributed by atoms with van der Waals surface area (Å²) in [5.74, 6) is 0. The second-order valence-corrected chi connectivity index (χ2v) is 6.21. The zero-order valence-corrected chi connectivity index (χ0v) is 12.6. The Bertz CT molecular complexity index is 490. The SMILES string of the molecule is CN(C(=O)OC(C)(C)C)C1CN(c2ccccc2N)C1. The molecule has 0 aliphatic carbocycles. The number of hydrogen-bond acceptors (Lipinski definition) is 4. The van der Waals surface area contributed by atoms with Crippen molar-refractivity contribution in [3.8, 4) is 0 Å². The Kier molecular flexibility index (Phi) is 3.79.